The number of pyridine rings is 1. The van der Waals surface area contributed by atoms with Crippen LogP contribution in [-0.2, 0) is 6.54 Å². The molecule has 0 saturated carbocycles. The molecule has 2 heterocycles. The molecule has 0 saturated heterocycles. The maximum absolute atomic E-state index is 11.9. The van der Waals surface area contributed by atoms with Crippen molar-refractivity contribution in [2.75, 3.05) is 0 Å². The Morgan fingerprint density at radius 1 is 1.14 bits per heavy atom. The van der Waals surface area contributed by atoms with E-state index >= 15 is 0 Å². The summed E-state index contributed by atoms with van der Waals surface area (Å²) in [5.41, 5.74) is 3.78. The predicted molar refractivity (Wildman–Crippen MR) is 79.4 cm³/mol. The second kappa shape index (κ2) is 6.00. The quantitative estimate of drug-likeness (QED) is 0.770. The lowest BCUT2D eigenvalue weighted by Crippen LogP contribution is -2.22. The zero-order valence-corrected chi connectivity index (χ0v) is 11.3. The molecule has 21 heavy (non-hydrogen) atoms. The van der Waals surface area contributed by atoms with Gasteiger partial charge in [-0.05, 0) is 34.9 Å². The van der Waals surface area contributed by atoms with Gasteiger partial charge in [-0.2, -0.15) is 5.10 Å². The van der Waals surface area contributed by atoms with E-state index in [4.69, 9.17) is 0 Å². The number of hydrogen-bond donors (Lipinski definition) is 2. The molecule has 0 aliphatic carbocycles. The highest BCUT2D eigenvalue weighted by molar-refractivity contribution is 5.93. The first kappa shape index (κ1) is 13.1. The van der Waals surface area contributed by atoms with Crippen molar-refractivity contribution in [1.82, 2.24) is 20.5 Å². The molecule has 5 nitrogen and oxygen atoms in total. The highest BCUT2D eigenvalue weighted by atomic mass is 16.1. The molecule has 5 heteroatoms. The molecule has 0 radical (unpaired) electrons. The normalized spacial score (nSPS) is 10.3. The molecule has 0 atom stereocenters. The minimum absolute atomic E-state index is 0.141. The van der Waals surface area contributed by atoms with E-state index in [1.165, 1.54) is 6.20 Å². The summed E-state index contributed by atoms with van der Waals surface area (Å²) in [4.78, 5) is 15.9. The molecule has 0 fully saturated rings. The summed E-state index contributed by atoms with van der Waals surface area (Å²) in [5.74, 6) is -0.141. The number of carbonyl (C=O) groups excluding carboxylic acids is 1. The minimum Gasteiger partial charge on any atom is -0.348 e. The number of amides is 1. The molecule has 2 N–H and O–H groups in total. The standard InChI is InChI=1S/C16H14N4O/c21-16(15-10-19-20-11-15)18-9-12-2-1-3-14(8-12)13-4-6-17-7-5-13/h1-8,10-11H,9H2,(H,18,21)(H,19,20). The molecule has 1 aromatic carbocycles. The van der Waals surface area contributed by atoms with E-state index in [2.05, 4.69) is 26.6 Å². The first-order chi connectivity index (χ1) is 10.3. The Hall–Kier alpha value is -2.95. The Bertz CT molecular complexity index is 723. The van der Waals surface area contributed by atoms with Crippen molar-refractivity contribution in [3.63, 3.8) is 0 Å². The number of rotatable bonds is 4. The Labute approximate surface area is 122 Å². The van der Waals surface area contributed by atoms with Crippen LogP contribution in [0.15, 0.2) is 61.2 Å². The van der Waals surface area contributed by atoms with Crippen LogP contribution in [0.2, 0.25) is 0 Å². The summed E-state index contributed by atoms with van der Waals surface area (Å²) >= 11 is 0. The third-order valence-electron chi connectivity index (χ3n) is 3.15. The molecule has 104 valence electrons. The number of nitrogens with one attached hydrogen (secondary N) is 2. The summed E-state index contributed by atoms with van der Waals surface area (Å²) in [5, 5.41) is 9.25. The highest BCUT2D eigenvalue weighted by Gasteiger charge is 2.06. The van der Waals surface area contributed by atoms with Gasteiger partial charge in [0.2, 0.25) is 0 Å². The number of aromatic nitrogens is 3. The van der Waals surface area contributed by atoms with Crippen LogP contribution in [0.4, 0.5) is 0 Å². The van der Waals surface area contributed by atoms with Crippen molar-refractivity contribution in [1.29, 1.82) is 0 Å². The summed E-state index contributed by atoms with van der Waals surface area (Å²) in [7, 11) is 0. The first-order valence-corrected chi connectivity index (χ1v) is 6.59. The molecule has 0 spiro atoms. The summed E-state index contributed by atoms with van der Waals surface area (Å²) < 4.78 is 0. The van der Waals surface area contributed by atoms with Gasteiger partial charge in [0.1, 0.15) is 0 Å². The lowest BCUT2D eigenvalue weighted by atomic mass is 10.0. The van der Waals surface area contributed by atoms with Gasteiger partial charge in [-0.15, -0.1) is 0 Å². The average Bonchev–Trinajstić information content (AvgIpc) is 3.08. The minimum atomic E-state index is -0.141. The van der Waals surface area contributed by atoms with Crippen LogP contribution < -0.4 is 5.32 Å². The van der Waals surface area contributed by atoms with E-state index in [0.717, 1.165) is 16.7 Å². The average molecular weight is 278 g/mol. The van der Waals surface area contributed by atoms with E-state index in [-0.39, 0.29) is 5.91 Å². The summed E-state index contributed by atoms with van der Waals surface area (Å²) in [6, 6.07) is 12.0. The van der Waals surface area contributed by atoms with Crippen molar-refractivity contribution in [3.05, 3.63) is 72.3 Å². The summed E-state index contributed by atoms with van der Waals surface area (Å²) in [6.45, 7) is 0.475. The van der Waals surface area contributed by atoms with E-state index < -0.39 is 0 Å². The molecular formula is C16H14N4O. The fraction of sp³-hybridized carbons (Fsp3) is 0.0625. The van der Waals surface area contributed by atoms with Gasteiger partial charge < -0.3 is 5.32 Å². The van der Waals surface area contributed by atoms with Gasteiger partial charge >= 0.3 is 0 Å². The van der Waals surface area contributed by atoms with Gasteiger partial charge in [0.05, 0.1) is 11.8 Å². The first-order valence-electron chi connectivity index (χ1n) is 6.59. The monoisotopic (exact) mass is 278 g/mol. The molecule has 0 aliphatic rings. The van der Waals surface area contributed by atoms with E-state index in [0.29, 0.717) is 12.1 Å². The van der Waals surface area contributed by atoms with E-state index in [1.807, 2.05) is 30.3 Å². The number of nitrogens with zero attached hydrogens (tertiary/aromatic N) is 2. The van der Waals surface area contributed by atoms with Crippen LogP contribution >= 0.6 is 0 Å². The molecular weight excluding hydrogens is 264 g/mol. The Balaban J connectivity index is 1.71. The van der Waals surface area contributed by atoms with Gasteiger partial charge in [0.25, 0.3) is 5.91 Å². The second-order valence-corrected chi connectivity index (χ2v) is 4.61. The summed E-state index contributed by atoms with van der Waals surface area (Å²) in [6.07, 6.45) is 6.61. The number of hydrogen-bond acceptors (Lipinski definition) is 3. The van der Waals surface area contributed by atoms with Gasteiger partial charge in [-0.3, -0.25) is 14.9 Å². The van der Waals surface area contributed by atoms with Gasteiger partial charge in [0, 0.05) is 25.1 Å². The SMILES string of the molecule is O=C(NCc1cccc(-c2ccncc2)c1)c1cn[nH]c1. The maximum atomic E-state index is 11.9. The molecule has 0 bridgehead atoms. The fourth-order valence-corrected chi connectivity index (χ4v) is 2.06. The smallest absolute Gasteiger partial charge is 0.254 e. The van der Waals surface area contributed by atoms with Crippen molar-refractivity contribution < 1.29 is 4.79 Å². The highest BCUT2D eigenvalue weighted by Crippen LogP contribution is 2.19. The molecule has 3 rings (SSSR count). The largest absolute Gasteiger partial charge is 0.348 e. The van der Waals surface area contributed by atoms with Crippen LogP contribution in [0.1, 0.15) is 15.9 Å². The van der Waals surface area contributed by atoms with Crippen LogP contribution in [0.5, 0.6) is 0 Å². The van der Waals surface area contributed by atoms with Crippen LogP contribution in [-0.4, -0.2) is 21.1 Å². The molecule has 2 aromatic heterocycles. The van der Waals surface area contributed by atoms with Gasteiger partial charge in [-0.1, -0.05) is 18.2 Å². The molecule has 1 amide bonds. The van der Waals surface area contributed by atoms with Crippen molar-refractivity contribution >= 4 is 5.91 Å². The molecule has 0 unspecified atom stereocenters. The van der Waals surface area contributed by atoms with E-state index in [9.17, 15) is 4.79 Å². The number of benzene rings is 1. The number of aromatic amines is 1. The van der Waals surface area contributed by atoms with Crippen LogP contribution in [0.3, 0.4) is 0 Å². The molecule has 0 aliphatic heterocycles. The van der Waals surface area contributed by atoms with Crippen molar-refractivity contribution in [3.8, 4) is 11.1 Å². The topological polar surface area (TPSA) is 70.7 Å². The lowest BCUT2D eigenvalue weighted by molar-refractivity contribution is 0.0951. The predicted octanol–water partition coefficient (Wildman–Crippen LogP) is 2.40. The Kier molecular flexibility index (Phi) is 3.73. The third-order valence-corrected chi connectivity index (χ3v) is 3.15. The number of carbonyl (C=O) groups is 1. The molecule has 3 aromatic rings. The maximum Gasteiger partial charge on any atom is 0.254 e. The van der Waals surface area contributed by atoms with Crippen molar-refractivity contribution in [2.45, 2.75) is 6.54 Å². The zero-order valence-electron chi connectivity index (χ0n) is 11.3. The Morgan fingerprint density at radius 2 is 2.00 bits per heavy atom. The van der Waals surface area contributed by atoms with Crippen LogP contribution in [0, 0.1) is 0 Å². The van der Waals surface area contributed by atoms with Gasteiger partial charge in [-0.25, -0.2) is 0 Å². The Morgan fingerprint density at radius 3 is 2.76 bits per heavy atom. The van der Waals surface area contributed by atoms with E-state index in [1.54, 1.807) is 18.6 Å². The fourth-order valence-electron chi connectivity index (χ4n) is 2.06. The number of H-pyrrole nitrogens is 1. The second-order valence-electron chi connectivity index (χ2n) is 4.61. The van der Waals surface area contributed by atoms with Crippen LogP contribution in [0.25, 0.3) is 11.1 Å². The van der Waals surface area contributed by atoms with Gasteiger partial charge in [0.15, 0.2) is 0 Å². The third kappa shape index (κ3) is 3.14. The lowest BCUT2D eigenvalue weighted by Gasteiger charge is -2.07. The van der Waals surface area contributed by atoms with Crippen molar-refractivity contribution in [2.24, 2.45) is 0 Å². The zero-order chi connectivity index (χ0) is 14.5.